The van der Waals surface area contributed by atoms with Gasteiger partial charge in [-0.05, 0) is 76.0 Å². The fourth-order valence-electron chi connectivity index (χ4n) is 3.71. The van der Waals surface area contributed by atoms with Crippen LogP contribution in [-0.4, -0.2) is 38.1 Å². The molecule has 1 fully saturated rings. The topological polar surface area (TPSA) is 80.5 Å². The molecule has 1 aliphatic heterocycles. The van der Waals surface area contributed by atoms with E-state index in [0.717, 1.165) is 48.7 Å². The molecule has 0 atom stereocenters. The minimum Gasteiger partial charge on any atom is -0.324 e. The van der Waals surface area contributed by atoms with Gasteiger partial charge in [-0.15, -0.1) is 5.10 Å². The summed E-state index contributed by atoms with van der Waals surface area (Å²) in [5.41, 5.74) is 6.12. The molecule has 27 heavy (non-hydrogen) atoms. The summed E-state index contributed by atoms with van der Waals surface area (Å²) >= 11 is 0. The third-order valence-corrected chi connectivity index (χ3v) is 4.89. The number of aryl methyl sites for hydroxylation is 3. The third-order valence-electron chi connectivity index (χ3n) is 4.89. The monoisotopic (exact) mass is 363 g/mol. The Hall–Kier alpha value is -2.80. The van der Waals surface area contributed by atoms with Crippen LogP contribution in [-0.2, 0) is 0 Å². The van der Waals surface area contributed by atoms with Crippen molar-refractivity contribution in [3.8, 4) is 11.4 Å². The highest BCUT2D eigenvalue weighted by Gasteiger charge is 2.22. The van der Waals surface area contributed by atoms with Crippen molar-refractivity contribution in [1.82, 2.24) is 30.3 Å². The number of nitrogens with zero attached hydrogens (tertiary/aromatic N) is 5. The van der Waals surface area contributed by atoms with E-state index in [4.69, 9.17) is 4.98 Å². The van der Waals surface area contributed by atoms with E-state index in [-0.39, 0.29) is 0 Å². The first-order chi connectivity index (χ1) is 13.1. The fraction of sp³-hybridized carbons (Fsp3) is 0.400. The number of benzene rings is 1. The summed E-state index contributed by atoms with van der Waals surface area (Å²) in [7, 11) is 0. The van der Waals surface area contributed by atoms with Crippen LogP contribution in [0.25, 0.3) is 11.4 Å². The molecule has 3 heterocycles. The molecule has 2 N–H and O–H groups in total. The van der Waals surface area contributed by atoms with Crippen LogP contribution >= 0.6 is 0 Å². The zero-order chi connectivity index (χ0) is 18.8. The van der Waals surface area contributed by atoms with Crippen molar-refractivity contribution in [3.05, 3.63) is 47.3 Å². The first-order valence-electron chi connectivity index (χ1n) is 9.41. The average molecular weight is 363 g/mol. The van der Waals surface area contributed by atoms with Crippen LogP contribution in [0.15, 0.2) is 30.5 Å². The standard InChI is InChI=1S/C20H25N7/c1-13-10-14(2)12-16(11-13)23-20-22-9-6-18(24-20)19-15(3)25-26-27(19)17-4-7-21-8-5-17/h6,9-12,17,21H,4-5,7-8H2,1-3H3,(H,22,23,24). The predicted octanol–water partition coefficient (Wildman–Crippen LogP) is 3.33. The highest BCUT2D eigenvalue weighted by Crippen LogP contribution is 2.28. The zero-order valence-corrected chi connectivity index (χ0v) is 16.0. The van der Waals surface area contributed by atoms with Crippen molar-refractivity contribution in [2.24, 2.45) is 0 Å². The van der Waals surface area contributed by atoms with E-state index < -0.39 is 0 Å². The van der Waals surface area contributed by atoms with E-state index in [1.54, 1.807) is 6.20 Å². The van der Waals surface area contributed by atoms with Gasteiger partial charge in [-0.3, -0.25) is 0 Å². The summed E-state index contributed by atoms with van der Waals surface area (Å²) in [4.78, 5) is 9.14. The van der Waals surface area contributed by atoms with Gasteiger partial charge in [-0.1, -0.05) is 11.3 Å². The van der Waals surface area contributed by atoms with Crippen LogP contribution in [0, 0.1) is 20.8 Å². The average Bonchev–Trinajstić information content (AvgIpc) is 3.03. The van der Waals surface area contributed by atoms with Crippen molar-refractivity contribution >= 4 is 11.6 Å². The molecule has 1 saturated heterocycles. The van der Waals surface area contributed by atoms with E-state index in [1.807, 2.05) is 17.7 Å². The Labute approximate surface area is 159 Å². The molecule has 7 heteroatoms. The highest BCUT2D eigenvalue weighted by molar-refractivity contribution is 5.61. The van der Waals surface area contributed by atoms with Crippen LogP contribution in [0.1, 0.15) is 35.7 Å². The lowest BCUT2D eigenvalue weighted by atomic mass is 10.1. The van der Waals surface area contributed by atoms with E-state index in [1.165, 1.54) is 11.1 Å². The number of anilines is 2. The summed E-state index contributed by atoms with van der Waals surface area (Å²) < 4.78 is 2.04. The number of aromatic nitrogens is 5. The van der Waals surface area contributed by atoms with E-state index in [9.17, 15) is 0 Å². The first-order valence-corrected chi connectivity index (χ1v) is 9.41. The molecule has 1 aromatic carbocycles. The number of rotatable bonds is 4. The lowest BCUT2D eigenvalue weighted by Crippen LogP contribution is -2.30. The quantitative estimate of drug-likeness (QED) is 0.740. The maximum absolute atomic E-state index is 4.75. The molecule has 0 aliphatic carbocycles. The van der Waals surface area contributed by atoms with Gasteiger partial charge in [0.25, 0.3) is 0 Å². The smallest absolute Gasteiger partial charge is 0.227 e. The maximum atomic E-state index is 4.75. The molecule has 0 radical (unpaired) electrons. The van der Waals surface area contributed by atoms with Crippen molar-refractivity contribution in [3.63, 3.8) is 0 Å². The summed E-state index contributed by atoms with van der Waals surface area (Å²) in [6.07, 6.45) is 3.88. The van der Waals surface area contributed by atoms with Gasteiger partial charge in [-0.2, -0.15) is 0 Å². The maximum Gasteiger partial charge on any atom is 0.227 e. The Bertz CT molecular complexity index is 921. The van der Waals surface area contributed by atoms with Gasteiger partial charge in [0.1, 0.15) is 5.69 Å². The van der Waals surface area contributed by atoms with Gasteiger partial charge in [0.15, 0.2) is 0 Å². The summed E-state index contributed by atoms with van der Waals surface area (Å²) in [6.45, 7) is 8.17. The van der Waals surface area contributed by atoms with Gasteiger partial charge in [0, 0.05) is 11.9 Å². The molecule has 140 valence electrons. The number of piperidine rings is 1. The molecule has 7 nitrogen and oxygen atoms in total. The Morgan fingerprint density at radius 3 is 2.56 bits per heavy atom. The van der Waals surface area contributed by atoms with Crippen LogP contribution in [0.2, 0.25) is 0 Å². The van der Waals surface area contributed by atoms with Gasteiger partial charge in [0.2, 0.25) is 5.95 Å². The van der Waals surface area contributed by atoms with E-state index in [2.05, 4.69) is 58.0 Å². The molecular weight excluding hydrogens is 338 g/mol. The Kier molecular flexibility index (Phi) is 4.85. The molecule has 3 aromatic rings. The highest BCUT2D eigenvalue weighted by atomic mass is 15.4. The summed E-state index contributed by atoms with van der Waals surface area (Å²) in [5, 5.41) is 15.5. The van der Waals surface area contributed by atoms with Crippen LogP contribution in [0.3, 0.4) is 0 Å². The SMILES string of the molecule is Cc1cc(C)cc(Nc2nccc(-c3c(C)nnn3C3CCNCC3)n2)c1. The third kappa shape index (κ3) is 3.83. The fourth-order valence-corrected chi connectivity index (χ4v) is 3.71. The van der Waals surface area contributed by atoms with Gasteiger partial charge >= 0.3 is 0 Å². The minimum atomic E-state index is 0.355. The number of nitrogens with one attached hydrogen (secondary N) is 2. The minimum absolute atomic E-state index is 0.355. The molecule has 4 rings (SSSR count). The molecule has 0 amide bonds. The van der Waals surface area contributed by atoms with Crippen molar-refractivity contribution in [2.45, 2.75) is 39.7 Å². The lowest BCUT2D eigenvalue weighted by Gasteiger charge is -2.24. The predicted molar refractivity (Wildman–Crippen MR) is 106 cm³/mol. The second-order valence-corrected chi connectivity index (χ2v) is 7.22. The largest absolute Gasteiger partial charge is 0.324 e. The molecule has 0 saturated carbocycles. The molecule has 0 bridgehead atoms. The summed E-state index contributed by atoms with van der Waals surface area (Å²) in [5.74, 6) is 0.579. The second-order valence-electron chi connectivity index (χ2n) is 7.22. The van der Waals surface area contributed by atoms with E-state index in [0.29, 0.717) is 12.0 Å². The first kappa shape index (κ1) is 17.6. The Morgan fingerprint density at radius 2 is 1.81 bits per heavy atom. The van der Waals surface area contributed by atoms with Gasteiger partial charge in [-0.25, -0.2) is 14.6 Å². The molecular formula is C20H25N7. The second kappa shape index (κ2) is 7.44. The number of hydrogen-bond acceptors (Lipinski definition) is 6. The molecule has 1 aliphatic rings. The van der Waals surface area contributed by atoms with Crippen molar-refractivity contribution < 1.29 is 0 Å². The van der Waals surface area contributed by atoms with Crippen LogP contribution in [0.4, 0.5) is 11.6 Å². The molecule has 0 spiro atoms. The molecule has 0 unspecified atom stereocenters. The van der Waals surface area contributed by atoms with Crippen LogP contribution in [0.5, 0.6) is 0 Å². The van der Waals surface area contributed by atoms with Crippen molar-refractivity contribution in [2.75, 3.05) is 18.4 Å². The van der Waals surface area contributed by atoms with Gasteiger partial charge in [0.05, 0.1) is 17.4 Å². The number of hydrogen-bond donors (Lipinski definition) is 2. The normalized spacial score (nSPS) is 15.1. The van der Waals surface area contributed by atoms with Crippen LogP contribution < -0.4 is 10.6 Å². The van der Waals surface area contributed by atoms with E-state index >= 15 is 0 Å². The molecule has 2 aromatic heterocycles. The zero-order valence-electron chi connectivity index (χ0n) is 16.0. The Balaban J connectivity index is 1.66. The Morgan fingerprint density at radius 1 is 1.07 bits per heavy atom. The lowest BCUT2D eigenvalue weighted by molar-refractivity contribution is 0.340. The summed E-state index contributed by atoms with van der Waals surface area (Å²) in [6, 6.07) is 8.61. The van der Waals surface area contributed by atoms with Crippen molar-refractivity contribution in [1.29, 1.82) is 0 Å². The van der Waals surface area contributed by atoms with Gasteiger partial charge < -0.3 is 10.6 Å².